The zero-order valence-corrected chi connectivity index (χ0v) is 13.8. The van der Waals surface area contributed by atoms with Gasteiger partial charge in [-0.3, -0.25) is 0 Å². The number of nitrogens with one attached hydrogen (secondary N) is 1. The number of aryl methyl sites for hydroxylation is 1. The molecule has 0 saturated heterocycles. The fraction of sp³-hybridized carbons (Fsp3) is 0.273. The number of benzene rings is 3. The average Bonchev–Trinajstić information content (AvgIpc) is 2.62. The van der Waals surface area contributed by atoms with Gasteiger partial charge in [0, 0.05) is 6.54 Å². The van der Waals surface area contributed by atoms with E-state index < -0.39 is 0 Å². The van der Waals surface area contributed by atoms with E-state index in [1.807, 2.05) is 0 Å². The zero-order valence-electron chi connectivity index (χ0n) is 13.8. The molecule has 23 heavy (non-hydrogen) atoms. The molecule has 0 bridgehead atoms. The lowest BCUT2D eigenvalue weighted by atomic mass is 10.0. The van der Waals surface area contributed by atoms with Crippen molar-refractivity contribution in [1.82, 2.24) is 5.32 Å². The lowest BCUT2D eigenvalue weighted by Gasteiger charge is -2.13. The van der Waals surface area contributed by atoms with Gasteiger partial charge in [-0.1, -0.05) is 79.7 Å². The van der Waals surface area contributed by atoms with E-state index in [1.54, 1.807) is 0 Å². The highest BCUT2D eigenvalue weighted by Gasteiger charge is 2.03. The van der Waals surface area contributed by atoms with E-state index >= 15 is 0 Å². The maximum Gasteiger partial charge on any atom is 0.00174 e. The predicted octanol–water partition coefficient (Wildman–Crippen LogP) is 5.17. The first-order chi connectivity index (χ1) is 11.3. The minimum Gasteiger partial charge on any atom is -0.316 e. The molecule has 1 atom stereocenters. The van der Waals surface area contributed by atoms with Gasteiger partial charge in [-0.2, -0.15) is 0 Å². The van der Waals surface area contributed by atoms with Crippen LogP contribution in [0.25, 0.3) is 10.8 Å². The average molecular weight is 303 g/mol. The predicted molar refractivity (Wildman–Crippen MR) is 100.0 cm³/mol. The molecule has 0 aliphatic carbocycles. The van der Waals surface area contributed by atoms with Crippen LogP contribution in [0.3, 0.4) is 0 Å². The molecule has 0 spiro atoms. The van der Waals surface area contributed by atoms with E-state index in [-0.39, 0.29) is 0 Å². The SMILES string of the molecule is CC(CNCCCc1ccc2ccccc2c1)c1ccccc1. The third-order valence-corrected chi connectivity index (χ3v) is 4.45. The molecule has 1 unspecified atom stereocenters. The zero-order chi connectivity index (χ0) is 15.9. The van der Waals surface area contributed by atoms with Gasteiger partial charge in [0.25, 0.3) is 0 Å². The Labute approximate surface area is 139 Å². The third-order valence-electron chi connectivity index (χ3n) is 4.45. The van der Waals surface area contributed by atoms with Crippen LogP contribution in [0.1, 0.15) is 30.4 Å². The molecular formula is C22H25N. The van der Waals surface area contributed by atoms with Crippen LogP contribution in [0.4, 0.5) is 0 Å². The molecule has 0 aliphatic rings. The molecule has 1 heteroatoms. The summed E-state index contributed by atoms with van der Waals surface area (Å²) >= 11 is 0. The van der Waals surface area contributed by atoms with E-state index in [9.17, 15) is 0 Å². The number of fused-ring (bicyclic) bond motifs is 1. The normalized spacial score (nSPS) is 12.4. The lowest BCUT2D eigenvalue weighted by Crippen LogP contribution is -2.21. The summed E-state index contributed by atoms with van der Waals surface area (Å²) in [5.74, 6) is 0.567. The second kappa shape index (κ2) is 7.94. The topological polar surface area (TPSA) is 12.0 Å². The van der Waals surface area contributed by atoms with Crippen molar-refractivity contribution in [2.45, 2.75) is 25.7 Å². The Morgan fingerprint density at radius 1 is 0.826 bits per heavy atom. The van der Waals surface area contributed by atoms with E-state index in [0.717, 1.165) is 19.5 Å². The monoisotopic (exact) mass is 303 g/mol. The summed E-state index contributed by atoms with van der Waals surface area (Å²) in [5, 5.41) is 6.26. The fourth-order valence-corrected chi connectivity index (χ4v) is 3.03. The molecule has 0 heterocycles. The van der Waals surface area contributed by atoms with Crippen molar-refractivity contribution in [3.63, 3.8) is 0 Å². The maximum absolute atomic E-state index is 3.59. The van der Waals surface area contributed by atoms with Crippen LogP contribution in [0, 0.1) is 0 Å². The first kappa shape index (κ1) is 15.8. The van der Waals surface area contributed by atoms with Crippen LogP contribution in [-0.4, -0.2) is 13.1 Å². The van der Waals surface area contributed by atoms with Crippen LogP contribution in [-0.2, 0) is 6.42 Å². The molecule has 0 saturated carbocycles. The first-order valence-corrected chi connectivity index (χ1v) is 8.56. The summed E-state index contributed by atoms with van der Waals surface area (Å²) in [7, 11) is 0. The Morgan fingerprint density at radius 3 is 2.39 bits per heavy atom. The van der Waals surface area contributed by atoms with Gasteiger partial charge in [0.05, 0.1) is 0 Å². The number of hydrogen-bond donors (Lipinski definition) is 1. The molecule has 0 fully saturated rings. The minimum atomic E-state index is 0.567. The van der Waals surface area contributed by atoms with Crippen LogP contribution < -0.4 is 5.32 Å². The number of rotatable bonds is 7. The van der Waals surface area contributed by atoms with Crippen molar-refractivity contribution in [2.24, 2.45) is 0 Å². The van der Waals surface area contributed by atoms with Crippen molar-refractivity contribution in [2.75, 3.05) is 13.1 Å². The van der Waals surface area contributed by atoms with E-state index in [0.29, 0.717) is 5.92 Å². The quantitative estimate of drug-likeness (QED) is 0.594. The highest BCUT2D eigenvalue weighted by molar-refractivity contribution is 5.82. The van der Waals surface area contributed by atoms with Crippen LogP contribution in [0.2, 0.25) is 0 Å². The molecule has 1 N–H and O–H groups in total. The molecule has 0 radical (unpaired) electrons. The van der Waals surface area contributed by atoms with Gasteiger partial charge in [-0.15, -0.1) is 0 Å². The Kier molecular flexibility index (Phi) is 5.44. The van der Waals surface area contributed by atoms with Gasteiger partial charge in [-0.05, 0) is 47.2 Å². The van der Waals surface area contributed by atoms with Gasteiger partial charge in [-0.25, -0.2) is 0 Å². The van der Waals surface area contributed by atoms with Crippen molar-refractivity contribution >= 4 is 10.8 Å². The maximum atomic E-state index is 3.59. The molecule has 3 aromatic carbocycles. The molecule has 0 aromatic heterocycles. The second-order valence-electron chi connectivity index (χ2n) is 6.30. The molecular weight excluding hydrogens is 278 g/mol. The van der Waals surface area contributed by atoms with Gasteiger partial charge in [0.15, 0.2) is 0 Å². The standard InChI is InChI=1S/C22H25N/c1-18(20-9-3-2-4-10-20)17-23-15-7-8-19-13-14-21-11-5-6-12-22(21)16-19/h2-6,9-14,16,18,23H,7-8,15,17H2,1H3. The first-order valence-electron chi connectivity index (χ1n) is 8.56. The van der Waals surface area contributed by atoms with E-state index in [4.69, 9.17) is 0 Å². The summed E-state index contributed by atoms with van der Waals surface area (Å²) < 4.78 is 0. The van der Waals surface area contributed by atoms with Gasteiger partial charge in [0.2, 0.25) is 0 Å². The van der Waals surface area contributed by atoms with Crippen molar-refractivity contribution in [3.8, 4) is 0 Å². The van der Waals surface area contributed by atoms with Crippen LogP contribution in [0.15, 0.2) is 72.8 Å². The fourth-order valence-electron chi connectivity index (χ4n) is 3.03. The second-order valence-corrected chi connectivity index (χ2v) is 6.30. The smallest absolute Gasteiger partial charge is 0.00174 e. The summed E-state index contributed by atoms with van der Waals surface area (Å²) in [6, 6.07) is 26.1. The van der Waals surface area contributed by atoms with Crippen LogP contribution in [0.5, 0.6) is 0 Å². The van der Waals surface area contributed by atoms with Crippen molar-refractivity contribution < 1.29 is 0 Å². The lowest BCUT2D eigenvalue weighted by molar-refractivity contribution is 0.596. The molecule has 3 aromatic rings. The summed E-state index contributed by atoms with van der Waals surface area (Å²) in [5.41, 5.74) is 2.84. The Balaban J connectivity index is 1.42. The summed E-state index contributed by atoms with van der Waals surface area (Å²) in [6.07, 6.45) is 2.32. The largest absolute Gasteiger partial charge is 0.316 e. The highest BCUT2D eigenvalue weighted by atomic mass is 14.8. The van der Waals surface area contributed by atoms with E-state index in [2.05, 4.69) is 85.0 Å². The third kappa shape index (κ3) is 4.43. The highest BCUT2D eigenvalue weighted by Crippen LogP contribution is 2.16. The molecule has 0 aliphatic heterocycles. The van der Waals surface area contributed by atoms with Gasteiger partial charge >= 0.3 is 0 Å². The molecule has 1 nitrogen and oxygen atoms in total. The molecule has 0 amide bonds. The minimum absolute atomic E-state index is 0.567. The Morgan fingerprint density at radius 2 is 1.57 bits per heavy atom. The van der Waals surface area contributed by atoms with Gasteiger partial charge in [0.1, 0.15) is 0 Å². The Bertz CT molecular complexity index is 733. The van der Waals surface area contributed by atoms with Crippen molar-refractivity contribution in [1.29, 1.82) is 0 Å². The van der Waals surface area contributed by atoms with E-state index in [1.165, 1.54) is 28.3 Å². The summed E-state index contributed by atoms with van der Waals surface area (Å²) in [4.78, 5) is 0. The molecule has 3 rings (SSSR count). The van der Waals surface area contributed by atoms with Gasteiger partial charge < -0.3 is 5.32 Å². The Hall–Kier alpha value is -2.12. The number of hydrogen-bond acceptors (Lipinski definition) is 1. The molecule has 118 valence electrons. The van der Waals surface area contributed by atoms with Crippen LogP contribution >= 0.6 is 0 Å². The summed E-state index contributed by atoms with van der Waals surface area (Å²) in [6.45, 7) is 4.40. The van der Waals surface area contributed by atoms with Crippen molar-refractivity contribution in [3.05, 3.63) is 83.9 Å².